The van der Waals surface area contributed by atoms with Gasteiger partial charge in [-0.05, 0) is 20.8 Å². The van der Waals surface area contributed by atoms with Crippen molar-refractivity contribution in [2.24, 2.45) is 0 Å². The third kappa shape index (κ3) is 3.24. The molecule has 1 aromatic heterocycles. The molecule has 2 atom stereocenters. The van der Waals surface area contributed by atoms with Crippen molar-refractivity contribution in [1.29, 1.82) is 0 Å². The lowest BCUT2D eigenvalue weighted by molar-refractivity contribution is 0.294. The van der Waals surface area contributed by atoms with Crippen molar-refractivity contribution in [2.45, 2.75) is 32.1 Å². The molecule has 92 valence electrons. The molecule has 1 heterocycles. The van der Waals surface area contributed by atoms with Gasteiger partial charge in [0.15, 0.2) is 0 Å². The Labute approximate surface area is 99.6 Å². The number of nitrogens with zero attached hydrogens (tertiary/aromatic N) is 1. The molecule has 0 spiro atoms. The fourth-order valence-corrected chi connectivity index (χ4v) is 2.97. The van der Waals surface area contributed by atoms with E-state index in [0.717, 1.165) is 9.88 Å². The number of thiazole rings is 1. The fourth-order valence-electron chi connectivity index (χ4n) is 1.08. The van der Waals surface area contributed by atoms with Gasteiger partial charge in [0, 0.05) is 11.1 Å². The van der Waals surface area contributed by atoms with Crippen LogP contribution >= 0.6 is 11.3 Å². The van der Waals surface area contributed by atoms with E-state index >= 15 is 0 Å². The van der Waals surface area contributed by atoms with Crippen LogP contribution in [-0.4, -0.2) is 30.4 Å². The van der Waals surface area contributed by atoms with Crippen molar-refractivity contribution < 1.29 is 13.5 Å². The van der Waals surface area contributed by atoms with Gasteiger partial charge >= 0.3 is 0 Å². The molecule has 0 aliphatic rings. The molecule has 5 nitrogen and oxygen atoms in total. The lowest BCUT2D eigenvalue weighted by Gasteiger charge is -2.15. The van der Waals surface area contributed by atoms with Crippen LogP contribution in [0.1, 0.15) is 29.8 Å². The van der Waals surface area contributed by atoms with Crippen molar-refractivity contribution >= 4 is 21.4 Å². The largest absolute Gasteiger partial charge is 0.395 e. The average Bonchev–Trinajstić information content (AvgIpc) is 2.63. The van der Waals surface area contributed by atoms with Crippen LogP contribution in [0.3, 0.4) is 0 Å². The van der Waals surface area contributed by atoms with Crippen LogP contribution in [0.25, 0.3) is 0 Å². The Morgan fingerprint density at radius 3 is 2.62 bits per heavy atom. The monoisotopic (exact) mass is 264 g/mol. The maximum absolute atomic E-state index is 11.7. The summed E-state index contributed by atoms with van der Waals surface area (Å²) in [6, 6.07) is -0.363. The molecule has 0 radical (unpaired) electrons. The molecule has 7 heteroatoms. The summed E-state index contributed by atoms with van der Waals surface area (Å²) in [5.41, 5.74) is 0. The van der Waals surface area contributed by atoms with E-state index in [2.05, 4.69) is 9.71 Å². The third-order valence-corrected chi connectivity index (χ3v) is 5.12. The van der Waals surface area contributed by atoms with E-state index in [9.17, 15) is 8.42 Å². The standard InChI is InChI=1S/C9H16N2O3S2/c1-6-4-10-9(15-6)8(3)11-16(13,14)7(2)5-12/h4,7-8,11-12H,5H2,1-3H3. The zero-order valence-electron chi connectivity index (χ0n) is 9.47. The van der Waals surface area contributed by atoms with Crippen molar-refractivity contribution in [3.63, 3.8) is 0 Å². The first-order valence-electron chi connectivity index (χ1n) is 4.91. The van der Waals surface area contributed by atoms with Crippen LogP contribution in [0.4, 0.5) is 0 Å². The first-order valence-corrected chi connectivity index (χ1v) is 7.27. The third-order valence-electron chi connectivity index (χ3n) is 2.14. The Morgan fingerprint density at radius 1 is 1.56 bits per heavy atom. The number of aryl methyl sites for hydroxylation is 1. The minimum absolute atomic E-state index is 0.363. The number of aromatic nitrogens is 1. The summed E-state index contributed by atoms with van der Waals surface area (Å²) in [6.45, 7) is 4.72. The number of aliphatic hydroxyl groups is 1. The highest BCUT2D eigenvalue weighted by molar-refractivity contribution is 7.90. The van der Waals surface area contributed by atoms with Gasteiger partial charge in [0.05, 0.1) is 17.9 Å². The topological polar surface area (TPSA) is 79.3 Å². The van der Waals surface area contributed by atoms with E-state index in [1.165, 1.54) is 18.3 Å². The molecule has 0 amide bonds. The maximum atomic E-state index is 11.7. The van der Waals surface area contributed by atoms with Crippen molar-refractivity contribution in [1.82, 2.24) is 9.71 Å². The van der Waals surface area contributed by atoms with E-state index in [1.807, 2.05) is 6.92 Å². The lowest BCUT2D eigenvalue weighted by Crippen LogP contribution is -2.36. The molecule has 0 saturated heterocycles. The molecule has 0 saturated carbocycles. The molecule has 0 fully saturated rings. The van der Waals surface area contributed by atoms with Crippen LogP contribution < -0.4 is 4.72 Å². The molecule has 0 aliphatic heterocycles. The van der Waals surface area contributed by atoms with Crippen LogP contribution in [0.5, 0.6) is 0 Å². The van der Waals surface area contributed by atoms with Crippen LogP contribution in [0, 0.1) is 6.92 Å². The number of sulfonamides is 1. The van der Waals surface area contributed by atoms with Crippen molar-refractivity contribution in [3.8, 4) is 0 Å². The SMILES string of the molecule is Cc1cnc(C(C)NS(=O)(=O)C(C)CO)s1. The van der Waals surface area contributed by atoms with Gasteiger partial charge in [0.1, 0.15) is 5.01 Å². The summed E-state index contributed by atoms with van der Waals surface area (Å²) in [5, 5.41) is 8.74. The highest BCUT2D eigenvalue weighted by Gasteiger charge is 2.23. The molecule has 1 rings (SSSR count). The second-order valence-electron chi connectivity index (χ2n) is 3.69. The highest BCUT2D eigenvalue weighted by atomic mass is 32.2. The van der Waals surface area contributed by atoms with Gasteiger partial charge < -0.3 is 5.11 Å². The number of rotatable bonds is 5. The van der Waals surface area contributed by atoms with Crippen LogP contribution in [0.2, 0.25) is 0 Å². The average molecular weight is 264 g/mol. The Hall–Kier alpha value is -0.500. The minimum Gasteiger partial charge on any atom is -0.395 e. The summed E-state index contributed by atoms with van der Waals surface area (Å²) < 4.78 is 25.8. The van der Waals surface area contributed by atoms with E-state index < -0.39 is 15.3 Å². The Balaban J connectivity index is 2.75. The van der Waals surface area contributed by atoms with Gasteiger partial charge in [-0.3, -0.25) is 0 Å². The Kier molecular flexibility index (Phi) is 4.43. The molecule has 2 N–H and O–H groups in total. The second-order valence-corrected chi connectivity index (χ2v) is 7.08. The van der Waals surface area contributed by atoms with Crippen LogP contribution in [0.15, 0.2) is 6.20 Å². The van der Waals surface area contributed by atoms with Gasteiger partial charge in [0.2, 0.25) is 10.0 Å². The fraction of sp³-hybridized carbons (Fsp3) is 0.667. The predicted octanol–water partition coefficient (Wildman–Crippen LogP) is 0.813. The van der Waals surface area contributed by atoms with Gasteiger partial charge in [-0.25, -0.2) is 18.1 Å². The molecular weight excluding hydrogens is 248 g/mol. The lowest BCUT2D eigenvalue weighted by atomic mass is 10.4. The summed E-state index contributed by atoms with van der Waals surface area (Å²) >= 11 is 1.46. The normalized spacial score (nSPS) is 16.0. The number of nitrogens with one attached hydrogen (secondary N) is 1. The van der Waals surface area contributed by atoms with E-state index in [4.69, 9.17) is 5.11 Å². The smallest absolute Gasteiger partial charge is 0.217 e. The molecular formula is C9H16N2O3S2. The molecule has 0 aromatic carbocycles. The van der Waals surface area contributed by atoms with E-state index in [-0.39, 0.29) is 12.6 Å². The zero-order valence-corrected chi connectivity index (χ0v) is 11.1. The molecule has 0 aliphatic carbocycles. The minimum atomic E-state index is -3.48. The van der Waals surface area contributed by atoms with Gasteiger partial charge in [-0.1, -0.05) is 0 Å². The van der Waals surface area contributed by atoms with Crippen molar-refractivity contribution in [3.05, 3.63) is 16.1 Å². The molecule has 2 unspecified atom stereocenters. The quantitative estimate of drug-likeness (QED) is 0.825. The van der Waals surface area contributed by atoms with Crippen LogP contribution in [-0.2, 0) is 10.0 Å². The van der Waals surface area contributed by atoms with Gasteiger partial charge in [0.25, 0.3) is 0 Å². The highest BCUT2D eigenvalue weighted by Crippen LogP contribution is 2.20. The summed E-state index contributed by atoms with van der Waals surface area (Å²) in [7, 11) is -3.48. The van der Waals surface area contributed by atoms with Gasteiger partial charge in [-0.2, -0.15) is 0 Å². The number of hydrogen-bond donors (Lipinski definition) is 2. The Bertz CT molecular complexity index is 441. The summed E-state index contributed by atoms with van der Waals surface area (Å²) in [4.78, 5) is 5.15. The Morgan fingerprint density at radius 2 is 2.19 bits per heavy atom. The van der Waals surface area contributed by atoms with E-state index in [1.54, 1.807) is 13.1 Å². The molecule has 0 bridgehead atoms. The molecule has 1 aromatic rings. The second kappa shape index (κ2) is 5.22. The van der Waals surface area contributed by atoms with Crippen molar-refractivity contribution in [2.75, 3.05) is 6.61 Å². The van der Waals surface area contributed by atoms with E-state index in [0.29, 0.717) is 0 Å². The van der Waals surface area contributed by atoms with Gasteiger partial charge in [-0.15, -0.1) is 11.3 Å². The predicted molar refractivity (Wildman–Crippen MR) is 63.9 cm³/mol. The maximum Gasteiger partial charge on any atom is 0.217 e. The zero-order chi connectivity index (χ0) is 12.3. The summed E-state index contributed by atoms with van der Waals surface area (Å²) in [6.07, 6.45) is 1.71. The summed E-state index contributed by atoms with van der Waals surface area (Å²) in [5.74, 6) is 0. The number of aliphatic hydroxyl groups excluding tert-OH is 1. The molecule has 16 heavy (non-hydrogen) atoms. The number of hydrogen-bond acceptors (Lipinski definition) is 5. The first-order chi connectivity index (χ1) is 7.36. The first kappa shape index (κ1) is 13.6.